The molecule has 2 aliphatic rings. The van der Waals surface area contributed by atoms with Crippen LogP contribution in [0, 0.1) is 18.8 Å². The maximum Gasteiger partial charge on any atom is 0.225 e. The topological polar surface area (TPSA) is 36.0 Å². The Kier molecular flexibility index (Phi) is 8.85. The van der Waals surface area contributed by atoms with Crippen molar-refractivity contribution >= 4 is 5.91 Å². The van der Waals surface area contributed by atoms with Crippen LogP contribution in [0.3, 0.4) is 0 Å². The number of carbonyl (C=O) groups is 1. The first-order valence-electron chi connectivity index (χ1n) is 13.4. The maximum absolute atomic E-state index is 13.3. The molecule has 0 radical (unpaired) electrons. The zero-order valence-electron chi connectivity index (χ0n) is 22.1. The van der Waals surface area contributed by atoms with Crippen molar-refractivity contribution in [1.82, 2.24) is 14.7 Å². The molecule has 0 bridgehead atoms. The standard InChI is InChI=1S/C30H43N3O2/c1-23(2)30(34)33(17-16-31-14-5-6-15-31)21-27-20-32(19-25-12-10-24(3)11-13-25)22-29(27)26-8-7-9-28(18-26)35-4/h7-13,18,23,27,29H,5-6,14-17,19-22H2,1-4H3. The molecule has 0 aliphatic carbocycles. The average molecular weight is 478 g/mol. The summed E-state index contributed by atoms with van der Waals surface area (Å²) in [7, 11) is 1.73. The van der Waals surface area contributed by atoms with Gasteiger partial charge >= 0.3 is 0 Å². The van der Waals surface area contributed by atoms with Gasteiger partial charge in [-0.15, -0.1) is 0 Å². The highest BCUT2D eigenvalue weighted by molar-refractivity contribution is 5.78. The number of methoxy groups -OCH3 is 1. The first kappa shape index (κ1) is 25.7. The van der Waals surface area contributed by atoms with Gasteiger partial charge in [0.2, 0.25) is 5.91 Å². The smallest absolute Gasteiger partial charge is 0.225 e. The van der Waals surface area contributed by atoms with Crippen LogP contribution in [0.25, 0.3) is 0 Å². The van der Waals surface area contributed by atoms with Crippen molar-refractivity contribution in [2.24, 2.45) is 11.8 Å². The molecular weight excluding hydrogens is 434 g/mol. The second-order valence-corrected chi connectivity index (χ2v) is 10.8. The van der Waals surface area contributed by atoms with Gasteiger partial charge in [0.25, 0.3) is 0 Å². The summed E-state index contributed by atoms with van der Waals surface area (Å²) in [5.74, 6) is 1.99. The lowest BCUT2D eigenvalue weighted by Gasteiger charge is -2.31. The molecule has 2 aromatic carbocycles. The SMILES string of the molecule is COc1cccc(C2CN(Cc3ccc(C)cc3)CC2CN(CCN2CCCC2)C(=O)C(C)C)c1. The molecule has 2 aromatic rings. The zero-order valence-corrected chi connectivity index (χ0v) is 22.1. The second kappa shape index (κ2) is 12.0. The summed E-state index contributed by atoms with van der Waals surface area (Å²) in [6.07, 6.45) is 2.57. The van der Waals surface area contributed by atoms with Gasteiger partial charge in [-0.25, -0.2) is 0 Å². The Balaban J connectivity index is 1.52. The summed E-state index contributed by atoms with van der Waals surface area (Å²) < 4.78 is 5.55. The van der Waals surface area contributed by atoms with Crippen LogP contribution in [0.2, 0.25) is 0 Å². The van der Waals surface area contributed by atoms with Crippen LogP contribution in [0.1, 0.15) is 49.3 Å². The van der Waals surface area contributed by atoms with E-state index < -0.39 is 0 Å². The number of benzene rings is 2. The highest BCUT2D eigenvalue weighted by Crippen LogP contribution is 2.35. The minimum Gasteiger partial charge on any atom is -0.497 e. The quantitative estimate of drug-likeness (QED) is 0.493. The molecule has 2 fully saturated rings. The van der Waals surface area contributed by atoms with E-state index in [2.05, 4.69) is 64.1 Å². The summed E-state index contributed by atoms with van der Waals surface area (Å²) in [4.78, 5) is 20.5. The Hall–Kier alpha value is -2.37. The van der Waals surface area contributed by atoms with Crippen molar-refractivity contribution in [2.45, 2.75) is 46.1 Å². The summed E-state index contributed by atoms with van der Waals surface area (Å²) in [5, 5.41) is 0. The van der Waals surface area contributed by atoms with E-state index >= 15 is 0 Å². The molecule has 190 valence electrons. The number of hydrogen-bond acceptors (Lipinski definition) is 4. The van der Waals surface area contributed by atoms with Crippen LogP contribution in [0.5, 0.6) is 5.75 Å². The predicted octanol–water partition coefficient (Wildman–Crippen LogP) is 4.80. The molecule has 5 nitrogen and oxygen atoms in total. The second-order valence-electron chi connectivity index (χ2n) is 10.8. The van der Waals surface area contributed by atoms with Gasteiger partial charge in [0.05, 0.1) is 7.11 Å². The van der Waals surface area contributed by atoms with Crippen LogP contribution in [-0.4, -0.2) is 73.5 Å². The molecule has 2 saturated heterocycles. The molecule has 35 heavy (non-hydrogen) atoms. The third-order valence-electron chi connectivity index (χ3n) is 7.71. The molecule has 4 rings (SSSR count). The van der Waals surface area contributed by atoms with Crippen molar-refractivity contribution in [3.8, 4) is 5.75 Å². The largest absolute Gasteiger partial charge is 0.497 e. The lowest BCUT2D eigenvalue weighted by molar-refractivity contribution is -0.135. The van der Waals surface area contributed by atoms with Gasteiger partial charge in [-0.2, -0.15) is 0 Å². The Morgan fingerprint density at radius 2 is 1.80 bits per heavy atom. The fourth-order valence-electron chi connectivity index (χ4n) is 5.68. The van der Waals surface area contributed by atoms with Gasteiger partial charge in [-0.3, -0.25) is 9.69 Å². The normalized spacial score (nSPS) is 21.1. The van der Waals surface area contributed by atoms with Crippen LogP contribution in [-0.2, 0) is 11.3 Å². The number of rotatable bonds is 10. The molecule has 2 unspecified atom stereocenters. The third kappa shape index (κ3) is 6.86. The van der Waals surface area contributed by atoms with Crippen LogP contribution in [0.15, 0.2) is 48.5 Å². The molecule has 2 heterocycles. The van der Waals surface area contributed by atoms with Crippen LogP contribution in [0.4, 0.5) is 0 Å². The lowest BCUT2D eigenvalue weighted by atomic mass is 9.88. The van der Waals surface area contributed by atoms with Crippen molar-refractivity contribution < 1.29 is 9.53 Å². The van der Waals surface area contributed by atoms with Gasteiger partial charge in [0, 0.05) is 51.1 Å². The fraction of sp³-hybridized carbons (Fsp3) is 0.567. The first-order valence-corrected chi connectivity index (χ1v) is 13.4. The Bertz CT molecular complexity index is 952. The number of aryl methyl sites for hydroxylation is 1. The Morgan fingerprint density at radius 3 is 2.49 bits per heavy atom. The summed E-state index contributed by atoms with van der Waals surface area (Å²) in [6, 6.07) is 17.4. The molecule has 0 aromatic heterocycles. The monoisotopic (exact) mass is 477 g/mol. The molecular formula is C30H43N3O2. The molecule has 1 amide bonds. The minimum atomic E-state index is 0.0221. The number of amides is 1. The van der Waals surface area contributed by atoms with Gasteiger partial charge in [-0.05, 0) is 62.0 Å². The van der Waals surface area contributed by atoms with E-state index in [-0.39, 0.29) is 11.8 Å². The van der Waals surface area contributed by atoms with E-state index in [0.29, 0.717) is 11.8 Å². The van der Waals surface area contributed by atoms with Crippen molar-refractivity contribution in [3.63, 3.8) is 0 Å². The highest BCUT2D eigenvalue weighted by Gasteiger charge is 2.36. The molecule has 0 spiro atoms. The maximum atomic E-state index is 13.3. The minimum absolute atomic E-state index is 0.0221. The summed E-state index contributed by atoms with van der Waals surface area (Å²) >= 11 is 0. The Labute approximate surface area is 212 Å². The first-order chi connectivity index (χ1) is 16.9. The van der Waals surface area contributed by atoms with Gasteiger partial charge in [0.15, 0.2) is 0 Å². The summed E-state index contributed by atoms with van der Waals surface area (Å²) in [6.45, 7) is 14.1. The number of carbonyl (C=O) groups excluding carboxylic acids is 1. The van der Waals surface area contributed by atoms with Gasteiger partial charge in [-0.1, -0.05) is 55.8 Å². The van der Waals surface area contributed by atoms with Crippen molar-refractivity contribution in [1.29, 1.82) is 0 Å². The zero-order chi connectivity index (χ0) is 24.8. The highest BCUT2D eigenvalue weighted by atomic mass is 16.5. The molecule has 5 heteroatoms. The van der Waals surface area contributed by atoms with E-state index in [1.165, 1.54) is 42.6 Å². The van der Waals surface area contributed by atoms with Crippen molar-refractivity contribution in [3.05, 3.63) is 65.2 Å². The van der Waals surface area contributed by atoms with E-state index in [4.69, 9.17) is 4.74 Å². The Morgan fingerprint density at radius 1 is 1.06 bits per heavy atom. The van der Waals surface area contributed by atoms with E-state index in [0.717, 1.165) is 45.0 Å². The number of hydrogen-bond donors (Lipinski definition) is 0. The van der Waals surface area contributed by atoms with Crippen LogP contribution < -0.4 is 4.74 Å². The predicted molar refractivity (Wildman–Crippen MR) is 143 cm³/mol. The molecule has 0 saturated carbocycles. The molecule has 2 atom stereocenters. The molecule has 0 N–H and O–H groups in total. The van der Waals surface area contributed by atoms with Gasteiger partial charge < -0.3 is 14.5 Å². The average Bonchev–Trinajstić information content (AvgIpc) is 3.52. The third-order valence-corrected chi connectivity index (χ3v) is 7.71. The number of likely N-dealkylation sites (tertiary alicyclic amines) is 2. The number of nitrogens with zero attached hydrogens (tertiary/aromatic N) is 3. The van der Waals surface area contributed by atoms with E-state index in [9.17, 15) is 4.79 Å². The summed E-state index contributed by atoms with van der Waals surface area (Å²) in [5.41, 5.74) is 3.96. The van der Waals surface area contributed by atoms with E-state index in [1.807, 2.05) is 19.9 Å². The number of ether oxygens (including phenoxy) is 1. The van der Waals surface area contributed by atoms with Crippen molar-refractivity contribution in [2.75, 3.05) is 52.9 Å². The van der Waals surface area contributed by atoms with Gasteiger partial charge in [0.1, 0.15) is 5.75 Å². The lowest BCUT2D eigenvalue weighted by Crippen LogP contribution is -2.43. The van der Waals surface area contributed by atoms with E-state index in [1.54, 1.807) is 7.11 Å². The molecule has 2 aliphatic heterocycles. The fourth-order valence-corrected chi connectivity index (χ4v) is 5.68. The van der Waals surface area contributed by atoms with Crippen LogP contribution >= 0.6 is 0 Å².